The SMILES string of the molecule is CC(C)(C)OC(=O)NC1(C(=O)OC(C)(C)C)CC(Sc2n[nH]c(C(F)F)n2)C2C(C(=O)OC(C)(C)C)C21. The van der Waals surface area contributed by atoms with Crippen LogP contribution >= 0.6 is 11.8 Å². The smallest absolute Gasteiger partial charge is 0.408 e. The molecule has 10 nitrogen and oxygen atoms in total. The molecule has 2 N–H and O–H groups in total. The van der Waals surface area contributed by atoms with Gasteiger partial charge >= 0.3 is 18.0 Å². The third-order valence-electron chi connectivity index (χ3n) is 5.71. The number of rotatable bonds is 6. The van der Waals surface area contributed by atoms with Gasteiger partial charge in [-0.15, -0.1) is 5.10 Å². The van der Waals surface area contributed by atoms with Crippen molar-refractivity contribution in [1.29, 1.82) is 0 Å². The van der Waals surface area contributed by atoms with Gasteiger partial charge in [-0.05, 0) is 74.7 Å². The summed E-state index contributed by atoms with van der Waals surface area (Å²) in [6.07, 6.45) is -3.61. The summed E-state index contributed by atoms with van der Waals surface area (Å²) in [6.45, 7) is 15.3. The van der Waals surface area contributed by atoms with E-state index >= 15 is 0 Å². The van der Waals surface area contributed by atoms with E-state index in [1.165, 1.54) is 0 Å². The Balaban J connectivity index is 1.99. The molecule has 5 atom stereocenters. The molecule has 13 heteroatoms. The van der Waals surface area contributed by atoms with Gasteiger partial charge in [-0.3, -0.25) is 9.89 Å². The molecule has 0 bridgehead atoms. The number of fused-ring (bicyclic) bond motifs is 1. The van der Waals surface area contributed by atoms with Crippen LogP contribution in [0.5, 0.6) is 0 Å². The first-order valence-electron chi connectivity index (χ1n) is 12.1. The van der Waals surface area contributed by atoms with E-state index in [0.717, 1.165) is 11.8 Å². The molecule has 1 heterocycles. The molecular weight excluding hydrogens is 510 g/mol. The second kappa shape index (κ2) is 9.70. The minimum atomic E-state index is -2.83. The molecule has 2 aliphatic carbocycles. The van der Waals surface area contributed by atoms with E-state index in [4.69, 9.17) is 14.2 Å². The van der Waals surface area contributed by atoms with E-state index in [-0.39, 0.29) is 11.6 Å². The van der Waals surface area contributed by atoms with Crippen LogP contribution in [-0.4, -0.2) is 60.8 Å². The number of ether oxygens (including phenoxy) is 3. The van der Waals surface area contributed by atoms with Gasteiger partial charge in [0.1, 0.15) is 22.3 Å². The summed E-state index contributed by atoms with van der Waals surface area (Å²) in [6, 6.07) is 0. The van der Waals surface area contributed by atoms with Crippen LogP contribution in [-0.2, 0) is 23.8 Å². The fourth-order valence-corrected chi connectivity index (χ4v) is 5.98. The minimum absolute atomic E-state index is 0.0474. The lowest BCUT2D eigenvalue weighted by molar-refractivity contribution is -0.165. The maximum Gasteiger partial charge on any atom is 0.408 e. The second-order valence-electron chi connectivity index (χ2n) is 12.4. The van der Waals surface area contributed by atoms with E-state index in [2.05, 4.69) is 20.5 Å². The van der Waals surface area contributed by atoms with Gasteiger partial charge in [0, 0.05) is 11.2 Å². The van der Waals surface area contributed by atoms with E-state index in [1.54, 1.807) is 62.3 Å². The third kappa shape index (κ3) is 6.91. The predicted octanol–water partition coefficient (Wildman–Crippen LogP) is 4.42. The number of hydrogen-bond acceptors (Lipinski definition) is 9. The number of esters is 2. The number of alkyl halides is 2. The highest BCUT2D eigenvalue weighted by Crippen LogP contribution is 2.66. The molecule has 2 aliphatic rings. The van der Waals surface area contributed by atoms with Gasteiger partial charge in [-0.2, -0.15) is 0 Å². The Morgan fingerprint density at radius 3 is 2.05 bits per heavy atom. The standard InChI is InChI=1S/C24H36F2N4O6S/c1-21(2,3)34-17(31)13-12-11(37-19-27-16(15(25)26)29-30-19)10-24(14(12)13,18(32)35-22(4,5)6)28-20(33)36-23(7,8)9/h11-15H,10H2,1-9H3,(H,28,33)(H,27,29,30). The van der Waals surface area contributed by atoms with Crippen molar-refractivity contribution >= 4 is 29.8 Å². The zero-order valence-electron chi connectivity index (χ0n) is 22.6. The van der Waals surface area contributed by atoms with Crippen LogP contribution in [0.2, 0.25) is 0 Å². The number of hydrogen-bond donors (Lipinski definition) is 2. The lowest BCUT2D eigenvalue weighted by Crippen LogP contribution is -2.59. The molecule has 0 saturated heterocycles. The van der Waals surface area contributed by atoms with Gasteiger partial charge in [0.05, 0.1) is 5.92 Å². The summed E-state index contributed by atoms with van der Waals surface area (Å²) in [4.78, 5) is 43.6. The number of halogens is 2. The van der Waals surface area contributed by atoms with Crippen molar-refractivity contribution in [3.05, 3.63) is 5.82 Å². The van der Waals surface area contributed by atoms with Gasteiger partial charge < -0.3 is 19.5 Å². The Hall–Kier alpha value is -2.44. The van der Waals surface area contributed by atoms with Crippen LogP contribution in [0.15, 0.2) is 5.16 Å². The highest BCUT2D eigenvalue weighted by atomic mass is 32.2. The van der Waals surface area contributed by atoms with Gasteiger partial charge in [0.15, 0.2) is 5.82 Å². The number of alkyl carbamates (subject to hydrolysis) is 1. The fraction of sp³-hybridized carbons (Fsp3) is 0.792. The zero-order chi connectivity index (χ0) is 28.1. The fourth-order valence-electron chi connectivity index (χ4n) is 4.62. The summed E-state index contributed by atoms with van der Waals surface area (Å²) in [5.41, 5.74) is -4.11. The first kappa shape index (κ1) is 29.1. The summed E-state index contributed by atoms with van der Waals surface area (Å²) in [5.74, 6) is -3.62. The predicted molar refractivity (Wildman–Crippen MR) is 130 cm³/mol. The molecule has 0 aromatic carbocycles. The van der Waals surface area contributed by atoms with Crippen LogP contribution < -0.4 is 5.32 Å². The first-order chi connectivity index (χ1) is 16.7. The number of amides is 1. The first-order valence-corrected chi connectivity index (χ1v) is 12.9. The molecule has 37 heavy (non-hydrogen) atoms. The Bertz CT molecular complexity index is 1050. The van der Waals surface area contributed by atoms with Crippen LogP contribution in [0, 0.1) is 17.8 Å². The van der Waals surface area contributed by atoms with Crippen molar-refractivity contribution in [2.45, 2.75) is 108 Å². The summed E-state index contributed by atoms with van der Waals surface area (Å²) in [7, 11) is 0. The largest absolute Gasteiger partial charge is 0.460 e. The average molecular weight is 547 g/mol. The van der Waals surface area contributed by atoms with Crippen molar-refractivity contribution in [3.63, 3.8) is 0 Å². The van der Waals surface area contributed by atoms with E-state index in [9.17, 15) is 23.2 Å². The van der Waals surface area contributed by atoms with Crippen molar-refractivity contribution in [2.75, 3.05) is 0 Å². The molecule has 0 aliphatic heterocycles. The Labute approximate surface area is 219 Å². The number of nitrogens with one attached hydrogen (secondary N) is 2. The molecule has 0 radical (unpaired) electrons. The second-order valence-corrected chi connectivity index (χ2v) is 13.6. The zero-order valence-corrected chi connectivity index (χ0v) is 23.4. The molecule has 2 saturated carbocycles. The molecule has 1 aromatic rings. The molecular formula is C24H36F2N4O6S. The molecule has 2 fully saturated rings. The Kier molecular flexibility index (Phi) is 7.64. The summed E-state index contributed by atoms with van der Waals surface area (Å²) >= 11 is 1.06. The van der Waals surface area contributed by atoms with Crippen molar-refractivity contribution in [1.82, 2.24) is 20.5 Å². The number of aromatic amines is 1. The monoisotopic (exact) mass is 546 g/mol. The van der Waals surface area contributed by atoms with Crippen LogP contribution in [0.3, 0.4) is 0 Å². The highest BCUT2D eigenvalue weighted by molar-refractivity contribution is 7.99. The molecule has 0 spiro atoms. The number of nitrogens with zero attached hydrogens (tertiary/aromatic N) is 2. The number of carbonyl (C=O) groups is 3. The van der Waals surface area contributed by atoms with Crippen molar-refractivity contribution in [3.8, 4) is 0 Å². The lowest BCUT2D eigenvalue weighted by Gasteiger charge is -2.35. The number of thioether (sulfide) groups is 1. The molecule has 5 unspecified atom stereocenters. The molecule has 1 amide bonds. The maximum atomic E-state index is 13.7. The van der Waals surface area contributed by atoms with Crippen LogP contribution in [0.25, 0.3) is 0 Å². The normalized spacial score (nSPS) is 27.5. The van der Waals surface area contributed by atoms with Gasteiger partial charge in [0.2, 0.25) is 5.16 Å². The highest BCUT2D eigenvalue weighted by Gasteiger charge is 2.77. The number of H-pyrrole nitrogens is 1. The van der Waals surface area contributed by atoms with E-state index < -0.39 is 75.6 Å². The molecule has 3 rings (SSSR count). The lowest BCUT2D eigenvalue weighted by atomic mass is 9.89. The van der Waals surface area contributed by atoms with E-state index in [0.29, 0.717) is 0 Å². The quantitative estimate of drug-likeness (QED) is 0.393. The molecule has 1 aromatic heterocycles. The van der Waals surface area contributed by atoms with Crippen LogP contribution in [0.1, 0.15) is 81.0 Å². The van der Waals surface area contributed by atoms with E-state index in [1.807, 2.05) is 0 Å². The van der Waals surface area contributed by atoms with Gasteiger partial charge in [-0.25, -0.2) is 23.4 Å². The van der Waals surface area contributed by atoms with Crippen molar-refractivity contribution < 1.29 is 37.4 Å². The minimum Gasteiger partial charge on any atom is -0.460 e. The number of carbonyl (C=O) groups excluding carboxylic acids is 3. The average Bonchev–Trinajstić information content (AvgIpc) is 3.11. The topological polar surface area (TPSA) is 132 Å². The maximum absolute atomic E-state index is 13.7. The van der Waals surface area contributed by atoms with Crippen molar-refractivity contribution in [2.24, 2.45) is 17.8 Å². The molecule has 208 valence electrons. The third-order valence-corrected chi connectivity index (χ3v) is 6.89. The van der Waals surface area contributed by atoms with Crippen LogP contribution in [0.4, 0.5) is 13.6 Å². The number of aromatic nitrogens is 3. The Morgan fingerprint density at radius 1 is 1.00 bits per heavy atom. The van der Waals surface area contributed by atoms with Gasteiger partial charge in [0.25, 0.3) is 6.43 Å². The summed E-state index contributed by atoms with van der Waals surface area (Å²) < 4.78 is 42.8. The Morgan fingerprint density at radius 2 is 1.57 bits per heavy atom. The summed E-state index contributed by atoms with van der Waals surface area (Å²) in [5, 5.41) is 8.34. The van der Waals surface area contributed by atoms with Gasteiger partial charge in [-0.1, -0.05) is 11.8 Å².